The van der Waals surface area contributed by atoms with Gasteiger partial charge in [-0.05, 0) is 56.0 Å². The Morgan fingerprint density at radius 3 is 2.56 bits per heavy atom. The molecule has 0 aliphatic heterocycles. The van der Waals surface area contributed by atoms with Crippen LogP contribution >= 0.6 is 23.1 Å². The summed E-state index contributed by atoms with van der Waals surface area (Å²) in [4.78, 5) is 31.4. The Labute approximate surface area is 195 Å². The standard InChI is InChI=1S/C25H25N3O2S2/c1-14-10-11-18(12-16(14)3)19-13-31-23-21(19)24(30)28(5)25(27-23)32-17(4)22(29)26-20-9-7-6-8-15(20)2/h6-13,17H,1-5H3,(H,26,29). The van der Waals surface area contributed by atoms with Gasteiger partial charge in [-0.3, -0.25) is 14.2 Å². The molecular formula is C25H25N3O2S2. The summed E-state index contributed by atoms with van der Waals surface area (Å²) in [6.07, 6.45) is 0. The molecule has 0 aliphatic rings. The molecule has 0 fully saturated rings. The van der Waals surface area contributed by atoms with E-state index in [9.17, 15) is 9.59 Å². The molecule has 2 aromatic carbocycles. The van der Waals surface area contributed by atoms with E-state index in [4.69, 9.17) is 4.98 Å². The summed E-state index contributed by atoms with van der Waals surface area (Å²) in [5.74, 6) is -0.124. The van der Waals surface area contributed by atoms with E-state index >= 15 is 0 Å². The number of thioether (sulfide) groups is 1. The quantitative estimate of drug-likeness (QED) is 0.304. The third kappa shape index (κ3) is 4.23. The van der Waals surface area contributed by atoms with Crippen LogP contribution < -0.4 is 10.9 Å². The lowest BCUT2D eigenvalue weighted by Crippen LogP contribution is -2.25. The molecule has 1 atom stereocenters. The molecule has 2 aromatic heterocycles. The zero-order valence-corrected chi connectivity index (χ0v) is 20.4. The van der Waals surface area contributed by atoms with Gasteiger partial charge >= 0.3 is 0 Å². The molecule has 1 N–H and O–H groups in total. The van der Waals surface area contributed by atoms with Crippen LogP contribution in [0.15, 0.2) is 57.8 Å². The van der Waals surface area contributed by atoms with Crippen LogP contribution in [-0.4, -0.2) is 20.7 Å². The highest BCUT2D eigenvalue weighted by Crippen LogP contribution is 2.33. The number of amides is 1. The third-order valence-corrected chi connectivity index (χ3v) is 7.66. The largest absolute Gasteiger partial charge is 0.325 e. The monoisotopic (exact) mass is 463 g/mol. The molecule has 0 aliphatic carbocycles. The fourth-order valence-electron chi connectivity index (χ4n) is 3.44. The summed E-state index contributed by atoms with van der Waals surface area (Å²) in [7, 11) is 1.71. The van der Waals surface area contributed by atoms with Crippen molar-refractivity contribution >= 4 is 44.9 Å². The second-order valence-corrected chi connectivity index (χ2v) is 10.1. The van der Waals surface area contributed by atoms with Crippen molar-refractivity contribution in [3.8, 4) is 11.1 Å². The van der Waals surface area contributed by atoms with Crippen LogP contribution in [0.25, 0.3) is 21.3 Å². The Kier molecular flexibility index (Phi) is 6.22. The van der Waals surface area contributed by atoms with Gasteiger partial charge < -0.3 is 5.32 Å². The Hall–Kier alpha value is -2.90. The highest BCUT2D eigenvalue weighted by atomic mass is 32.2. The molecule has 4 aromatic rings. The molecule has 0 saturated heterocycles. The molecule has 5 nitrogen and oxygen atoms in total. The van der Waals surface area contributed by atoms with Gasteiger partial charge in [-0.1, -0.05) is 48.2 Å². The second kappa shape index (κ2) is 8.92. The van der Waals surface area contributed by atoms with Gasteiger partial charge in [0.05, 0.1) is 10.6 Å². The fourth-order valence-corrected chi connectivity index (χ4v) is 5.30. The number of aromatic nitrogens is 2. The molecule has 1 unspecified atom stereocenters. The normalized spacial score (nSPS) is 12.2. The van der Waals surface area contributed by atoms with Crippen LogP contribution in [0, 0.1) is 20.8 Å². The summed E-state index contributed by atoms with van der Waals surface area (Å²) in [5, 5.41) is 5.70. The number of carbonyl (C=O) groups is 1. The van der Waals surface area contributed by atoms with E-state index in [1.807, 2.05) is 49.6 Å². The number of aryl methyl sites for hydroxylation is 3. The minimum atomic E-state index is -0.413. The highest BCUT2D eigenvalue weighted by Gasteiger charge is 2.21. The molecule has 1 amide bonds. The Balaban J connectivity index is 1.64. The zero-order valence-electron chi connectivity index (χ0n) is 18.7. The van der Waals surface area contributed by atoms with Crippen LogP contribution in [0.1, 0.15) is 23.6 Å². The van der Waals surface area contributed by atoms with E-state index in [2.05, 4.69) is 31.3 Å². The van der Waals surface area contributed by atoms with E-state index in [1.165, 1.54) is 34.2 Å². The van der Waals surface area contributed by atoms with E-state index < -0.39 is 5.25 Å². The second-order valence-electron chi connectivity index (χ2n) is 7.95. The first-order chi connectivity index (χ1) is 15.3. The van der Waals surface area contributed by atoms with Gasteiger partial charge in [-0.15, -0.1) is 11.3 Å². The van der Waals surface area contributed by atoms with Gasteiger partial charge in [0, 0.05) is 23.7 Å². The lowest BCUT2D eigenvalue weighted by molar-refractivity contribution is -0.115. The minimum Gasteiger partial charge on any atom is -0.325 e. The molecule has 0 bridgehead atoms. The highest BCUT2D eigenvalue weighted by molar-refractivity contribution is 8.00. The topological polar surface area (TPSA) is 64.0 Å². The number of thiophene rings is 1. The average molecular weight is 464 g/mol. The lowest BCUT2D eigenvalue weighted by atomic mass is 10.0. The summed E-state index contributed by atoms with van der Waals surface area (Å²) in [6, 6.07) is 13.9. The van der Waals surface area contributed by atoms with Gasteiger partial charge in [0.1, 0.15) is 4.83 Å². The number of benzene rings is 2. The fraction of sp³-hybridized carbons (Fsp3) is 0.240. The minimum absolute atomic E-state index is 0.0986. The number of fused-ring (bicyclic) bond motifs is 1. The van der Waals surface area contributed by atoms with E-state index in [0.29, 0.717) is 15.4 Å². The third-order valence-electron chi connectivity index (χ3n) is 5.65. The number of hydrogen-bond acceptors (Lipinski definition) is 5. The van der Waals surface area contributed by atoms with Gasteiger partial charge in [0.25, 0.3) is 5.56 Å². The van der Waals surface area contributed by atoms with Crippen molar-refractivity contribution < 1.29 is 4.79 Å². The van der Waals surface area contributed by atoms with Crippen LogP contribution in [0.2, 0.25) is 0 Å². The molecule has 2 heterocycles. The summed E-state index contributed by atoms with van der Waals surface area (Å²) < 4.78 is 1.54. The van der Waals surface area contributed by atoms with Crippen LogP contribution in [-0.2, 0) is 11.8 Å². The van der Waals surface area contributed by atoms with Crippen molar-refractivity contribution in [2.45, 2.75) is 38.1 Å². The molecule has 4 rings (SSSR count). The first-order valence-electron chi connectivity index (χ1n) is 10.3. The maximum atomic E-state index is 13.3. The average Bonchev–Trinajstić information content (AvgIpc) is 3.19. The lowest BCUT2D eigenvalue weighted by Gasteiger charge is -2.14. The van der Waals surface area contributed by atoms with Crippen LogP contribution in [0.3, 0.4) is 0 Å². The first-order valence-corrected chi connectivity index (χ1v) is 12.1. The molecule has 32 heavy (non-hydrogen) atoms. The summed E-state index contributed by atoms with van der Waals surface area (Å²) >= 11 is 2.75. The molecule has 0 radical (unpaired) electrons. The molecule has 0 saturated carbocycles. The molecule has 7 heteroatoms. The SMILES string of the molecule is Cc1ccc(-c2csc3nc(SC(C)C(=O)Nc4ccccc4C)n(C)c(=O)c23)cc1C. The first kappa shape index (κ1) is 22.3. The zero-order chi connectivity index (χ0) is 23.0. The Morgan fingerprint density at radius 1 is 1.09 bits per heavy atom. The van der Waals surface area contributed by atoms with Crippen molar-refractivity contribution in [1.82, 2.24) is 9.55 Å². The van der Waals surface area contributed by atoms with Gasteiger partial charge in [0.15, 0.2) is 5.16 Å². The Bertz CT molecular complexity index is 1390. The van der Waals surface area contributed by atoms with Gasteiger partial charge in [-0.2, -0.15) is 0 Å². The van der Waals surface area contributed by atoms with E-state index in [0.717, 1.165) is 22.4 Å². The van der Waals surface area contributed by atoms with Crippen molar-refractivity contribution in [3.05, 3.63) is 74.9 Å². The number of nitrogens with zero attached hydrogens (tertiary/aromatic N) is 2. The predicted octanol–water partition coefficient (Wildman–Crippen LogP) is 5.71. The number of hydrogen-bond donors (Lipinski definition) is 1. The predicted molar refractivity (Wildman–Crippen MR) is 135 cm³/mol. The van der Waals surface area contributed by atoms with Crippen molar-refractivity contribution in [2.24, 2.45) is 7.05 Å². The van der Waals surface area contributed by atoms with Crippen molar-refractivity contribution in [3.63, 3.8) is 0 Å². The summed E-state index contributed by atoms with van der Waals surface area (Å²) in [6.45, 7) is 7.92. The molecule has 0 spiro atoms. The van der Waals surface area contributed by atoms with Gasteiger partial charge in [0.2, 0.25) is 5.91 Å². The smallest absolute Gasteiger partial charge is 0.263 e. The molecule has 164 valence electrons. The van der Waals surface area contributed by atoms with E-state index in [-0.39, 0.29) is 11.5 Å². The molecular weight excluding hydrogens is 438 g/mol. The maximum Gasteiger partial charge on any atom is 0.263 e. The number of nitrogens with one attached hydrogen (secondary N) is 1. The van der Waals surface area contributed by atoms with E-state index in [1.54, 1.807) is 11.6 Å². The number of rotatable bonds is 5. The van der Waals surface area contributed by atoms with Crippen molar-refractivity contribution in [2.75, 3.05) is 5.32 Å². The number of carbonyl (C=O) groups excluding carboxylic acids is 1. The summed E-state index contributed by atoms with van der Waals surface area (Å²) in [5.41, 5.74) is 6.02. The van der Waals surface area contributed by atoms with Gasteiger partial charge in [-0.25, -0.2) is 4.98 Å². The Morgan fingerprint density at radius 2 is 1.84 bits per heavy atom. The number of anilines is 1. The number of para-hydroxylation sites is 1. The maximum absolute atomic E-state index is 13.3. The van der Waals surface area contributed by atoms with Crippen LogP contribution in [0.5, 0.6) is 0 Å². The van der Waals surface area contributed by atoms with Crippen LogP contribution in [0.4, 0.5) is 5.69 Å². The van der Waals surface area contributed by atoms with Crippen molar-refractivity contribution in [1.29, 1.82) is 0 Å².